The summed E-state index contributed by atoms with van der Waals surface area (Å²) in [7, 11) is -2.78. The number of hydrogen-bond acceptors (Lipinski definition) is 5. The maximum atomic E-state index is 14.5. The van der Waals surface area contributed by atoms with Gasteiger partial charge in [-0.1, -0.05) is 83.4 Å². The van der Waals surface area contributed by atoms with E-state index in [4.69, 9.17) is 27.9 Å². The molecule has 0 aliphatic carbocycles. The number of nitrogens with zero attached hydrogens (tertiary/aromatic N) is 2. The Labute approximate surface area is 274 Å². The molecule has 0 saturated carbocycles. The zero-order valence-corrected chi connectivity index (χ0v) is 27.6. The Morgan fingerprint density at radius 3 is 2.24 bits per heavy atom. The van der Waals surface area contributed by atoms with Crippen LogP contribution in [0.1, 0.15) is 23.6 Å². The van der Waals surface area contributed by atoms with Gasteiger partial charge in [0, 0.05) is 24.5 Å². The van der Waals surface area contributed by atoms with Crippen LogP contribution in [0.4, 0.5) is 5.69 Å². The van der Waals surface area contributed by atoms with E-state index in [1.54, 1.807) is 37.3 Å². The van der Waals surface area contributed by atoms with Crippen molar-refractivity contribution in [2.75, 3.05) is 24.5 Å². The van der Waals surface area contributed by atoms with Crippen LogP contribution in [0.15, 0.2) is 102 Å². The Bertz CT molecular complexity index is 1730. The van der Waals surface area contributed by atoms with E-state index >= 15 is 0 Å². The first-order chi connectivity index (χ1) is 21.5. The fourth-order valence-electron chi connectivity index (χ4n) is 4.84. The Balaban J connectivity index is 1.83. The Kier molecular flexibility index (Phi) is 11.5. The average Bonchev–Trinajstić information content (AvgIpc) is 3.03. The van der Waals surface area contributed by atoms with Gasteiger partial charge in [0.15, 0.2) is 0 Å². The van der Waals surface area contributed by atoms with Crippen LogP contribution in [0.3, 0.4) is 0 Å². The van der Waals surface area contributed by atoms with Crippen molar-refractivity contribution in [3.63, 3.8) is 0 Å². The number of carbonyl (C=O) groups is 2. The molecule has 0 aliphatic rings. The van der Waals surface area contributed by atoms with Crippen LogP contribution in [-0.2, 0) is 32.6 Å². The molecule has 11 heteroatoms. The lowest BCUT2D eigenvalue weighted by molar-refractivity contribution is -0.140. The van der Waals surface area contributed by atoms with Gasteiger partial charge in [-0.05, 0) is 67.4 Å². The fraction of sp³-hybridized carbons (Fsp3) is 0.235. The van der Waals surface area contributed by atoms with Crippen LogP contribution in [0.2, 0.25) is 10.0 Å². The van der Waals surface area contributed by atoms with Gasteiger partial charge in [0.05, 0.1) is 22.7 Å². The number of amides is 2. The molecule has 1 N–H and O–H groups in total. The van der Waals surface area contributed by atoms with E-state index in [2.05, 4.69) is 5.32 Å². The van der Waals surface area contributed by atoms with Gasteiger partial charge in [0.25, 0.3) is 10.0 Å². The summed E-state index contributed by atoms with van der Waals surface area (Å²) in [5.74, 6) is -0.408. The molecule has 0 spiro atoms. The number of benzene rings is 4. The minimum atomic E-state index is -4.32. The second-order valence-corrected chi connectivity index (χ2v) is 13.1. The second-order valence-electron chi connectivity index (χ2n) is 10.4. The van der Waals surface area contributed by atoms with Crippen molar-refractivity contribution < 1.29 is 22.7 Å². The van der Waals surface area contributed by atoms with E-state index in [9.17, 15) is 18.0 Å². The Morgan fingerprint density at radius 2 is 1.58 bits per heavy atom. The van der Waals surface area contributed by atoms with Crippen molar-refractivity contribution in [2.45, 2.75) is 37.8 Å². The molecular weight excluding hydrogens is 633 g/mol. The molecule has 0 bridgehead atoms. The second kappa shape index (κ2) is 15.3. The number of ether oxygens (including phenoxy) is 1. The van der Waals surface area contributed by atoms with Crippen LogP contribution in [0.25, 0.3) is 0 Å². The molecule has 2 amide bonds. The molecule has 236 valence electrons. The smallest absolute Gasteiger partial charge is 0.264 e. The highest BCUT2D eigenvalue weighted by Gasteiger charge is 2.35. The minimum absolute atomic E-state index is 0.00631. The molecule has 8 nitrogen and oxygen atoms in total. The van der Waals surface area contributed by atoms with E-state index in [1.807, 2.05) is 43.3 Å². The van der Waals surface area contributed by atoms with E-state index in [1.165, 1.54) is 42.3 Å². The summed E-state index contributed by atoms with van der Waals surface area (Å²) in [6, 6.07) is 26.2. The van der Waals surface area contributed by atoms with Gasteiger partial charge in [-0.25, -0.2) is 8.42 Å². The largest absolute Gasteiger partial charge is 0.497 e. The molecule has 0 radical (unpaired) electrons. The molecule has 1 unspecified atom stereocenters. The van der Waals surface area contributed by atoms with E-state index < -0.39 is 28.5 Å². The monoisotopic (exact) mass is 667 g/mol. The van der Waals surface area contributed by atoms with Crippen LogP contribution in [0, 0.1) is 6.92 Å². The number of aryl methyl sites for hydroxylation is 1. The van der Waals surface area contributed by atoms with Gasteiger partial charge in [-0.3, -0.25) is 13.9 Å². The zero-order valence-electron chi connectivity index (χ0n) is 25.2. The first-order valence-electron chi connectivity index (χ1n) is 14.3. The maximum Gasteiger partial charge on any atom is 0.264 e. The normalized spacial score (nSPS) is 11.8. The SMILES string of the molecule is CCNC(=O)C(Cc1ccccc1)N(Cc1cccc(OC)c1)C(=O)CN(c1cc(Cl)ccc1Cl)S(=O)(=O)c1ccc(C)cc1. The van der Waals surface area contributed by atoms with Crippen LogP contribution in [0.5, 0.6) is 5.75 Å². The number of sulfonamides is 1. The van der Waals surface area contributed by atoms with Crippen molar-refractivity contribution in [3.8, 4) is 5.75 Å². The van der Waals surface area contributed by atoms with Crippen LogP contribution < -0.4 is 14.4 Å². The average molecular weight is 669 g/mol. The van der Waals surface area contributed by atoms with E-state index in [-0.39, 0.29) is 39.5 Å². The van der Waals surface area contributed by atoms with Crippen molar-refractivity contribution in [1.29, 1.82) is 0 Å². The first kappa shape index (κ1) is 33.8. The quantitative estimate of drug-likeness (QED) is 0.181. The number of halogens is 2. The van der Waals surface area contributed by atoms with Crippen molar-refractivity contribution >= 4 is 50.7 Å². The third kappa shape index (κ3) is 8.57. The zero-order chi connectivity index (χ0) is 32.6. The number of likely N-dealkylation sites (N-methyl/N-ethyl adjacent to an activating group) is 1. The summed E-state index contributed by atoms with van der Waals surface area (Å²) in [5.41, 5.74) is 2.43. The molecule has 4 aromatic carbocycles. The van der Waals surface area contributed by atoms with Crippen LogP contribution in [-0.4, -0.2) is 51.4 Å². The van der Waals surface area contributed by atoms with Crippen molar-refractivity contribution in [1.82, 2.24) is 10.2 Å². The highest BCUT2D eigenvalue weighted by molar-refractivity contribution is 7.92. The summed E-state index contributed by atoms with van der Waals surface area (Å²) in [6.45, 7) is 3.34. The fourth-order valence-corrected chi connectivity index (χ4v) is 6.70. The molecule has 1 atom stereocenters. The topological polar surface area (TPSA) is 96.0 Å². The summed E-state index contributed by atoms with van der Waals surface area (Å²) >= 11 is 12.8. The standard InChI is InChI=1S/C34H35Cl2N3O5S/c1-4-37-34(41)32(20-25-9-6-5-7-10-25)38(22-26-11-8-12-28(19-26)44-3)33(40)23-39(31-21-27(35)15-18-30(31)36)45(42,43)29-16-13-24(2)14-17-29/h5-19,21,32H,4,20,22-23H2,1-3H3,(H,37,41). The molecule has 4 aromatic rings. The van der Waals surface area contributed by atoms with Gasteiger partial charge in [0.1, 0.15) is 18.3 Å². The number of rotatable bonds is 13. The molecule has 0 saturated heterocycles. The summed E-state index contributed by atoms with van der Waals surface area (Å²) in [6.07, 6.45) is 0.199. The number of methoxy groups -OCH3 is 1. The lowest BCUT2D eigenvalue weighted by atomic mass is 10.0. The lowest BCUT2D eigenvalue weighted by Gasteiger charge is -2.34. The Hall–Kier alpha value is -4.05. The van der Waals surface area contributed by atoms with Crippen molar-refractivity contribution in [3.05, 3.63) is 124 Å². The minimum Gasteiger partial charge on any atom is -0.497 e. The number of nitrogens with one attached hydrogen (secondary N) is 1. The third-order valence-electron chi connectivity index (χ3n) is 7.17. The van der Waals surface area contributed by atoms with Gasteiger partial charge in [0.2, 0.25) is 11.8 Å². The van der Waals surface area contributed by atoms with Crippen LogP contribution >= 0.6 is 23.2 Å². The third-order valence-corrected chi connectivity index (χ3v) is 9.50. The maximum absolute atomic E-state index is 14.5. The molecule has 0 heterocycles. The van der Waals surface area contributed by atoms with Gasteiger partial charge < -0.3 is 15.0 Å². The molecule has 0 fully saturated rings. The molecule has 45 heavy (non-hydrogen) atoms. The summed E-state index contributed by atoms with van der Waals surface area (Å²) < 4.78 is 34.7. The Morgan fingerprint density at radius 1 is 0.889 bits per heavy atom. The van der Waals surface area contributed by atoms with Gasteiger partial charge >= 0.3 is 0 Å². The number of anilines is 1. The number of carbonyl (C=O) groups excluding carboxylic acids is 2. The molecule has 0 aromatic heterocycles. The molecular formula is C34H35Cl2N3O5S. The highest BCUT2D eigenvalue weighted by atomic mass is 35.5. The number of hydrogen-bond donors (Lipinski definition) is 1. The van der Waals surface area contributed by atoms with Crippen molar-refractivity contribution in [2.24, 2.45) is 0 Å². The lowest BCUT2D eigenvalue weighted by Crippen LogP contribution is -2.53. The summed E-state index contributed by atoms with van der Waals surface area (Å²) in [4.78, 5) is 29.5. The molecule has 4 rings (SSSR count). The molecule has 0 aliphatic heterocycles. The van der Waals surface area contributed by atoms with Gasteiger partial charge in [-0.2, -0.15) is 0 Å². The van der Waals surface area contributed by atoms with E-state index in [0.717, 1.165) is 15.4 Å². The first-order valence-corrected chi connectivity index (χ1v) is 16.5. The predicted molar refractivity (Wildman–Crippen MR) is 178 cm³/mol. The predicted octanol–water partition coefficient (Wildman–Crippen LogP) is 6.28. The van der Waals surface area contributed by atoms with Gasteiger partial charge in [-0.15, -0.1) is 0 Å². The van der Waals surface area contributed by atoms with E-state index in [0.29, 0.717) is 17.9 Å². The highest BCUT2D eigenvalue weighted by Crippen LogP contribution is 2.33. The summed E-state index contributed by atoms with van der Waals surface area (Å²) in [5, 5.41) is 3.17.